The Kier molecular flexibility index (Phi) is 6.74. The zero-order valence-electron chi connectivity index (χ0n) is 17.4. The molecule has 1 unspecified atom stereocenters. The predicted molar refractivity (Wildman–Crippen MR) is 114 cm³/mol. The van der Waals surface area contributed by atoms with Crippen LogP contribution in [-0.2, 0) is 9.84 Å². The highest BCUT2D eigenvalue weighted by molar-refractivity contribution is 7.91. The second-order valence-electron chi connectivity index (χ2n) is 7.50. The zero-order valence-corrected chi connectivity index (χ0v) is 18.2. The van der Waals surface area contributed by atoms with Gasteiger partial charge in [0, 0.05) is 24.8 Å². The Morgan fingerprint density at radius 3 is 2.45 bits per heavy atom. The molecule has 0 aliphatic carbocycles. The largest absolute Gasteiger partial charge is 0.332 e. The van der Waals surface area contributed by atoms with E-state index in [2.05, 4.69) is 23.8 Å². The first-order chi connectivity index (χ1) is 13.8. The van der Waals surface area contributed by atoms with Gasteiger partial charge in [-0.15, -0.1) is 0 Å². The topological polar surface area (TPSA) is 75.5 Å². The van der Waals surface area contributed by atoms with Gasteiger partial charge in [0.25, 0.3) is 5.91 Å². The van der Waals surface area contributed by atoms with Crippen molar-refractivity contribution >= 4 is 15.7 Å². The summed E-state index contributed by atoms with van der Waals surface area (Å²) in [4.78, 5) is 17.3. The maximum atomic E-state index is 13.4. The molecule has 0 spiro atoms. The summed E-state index contributed by atoms with van der Waals surface area (Å²) in [6, 6.07) is 11.2. The van der Waals surface area contributed by atoms with Crippen molar-refractivity contribution < 1.29 is 13.2 Å². The summed E-state index contributed by atoms with van der Waals surface area (Å²) >= 11 is 0. The molecule has 0 radical (unpaired) electrons. The lowest BCUT2D eigenvalue weighted by Crippen LogP contribution is -2.45. The Balaban J connectivity index is 1.86. The van der Waals surface area contributed by atoms with E-state index >= 15 is 0 Å². The number of para-hydroxylation sites is 1. The highest BCUT2D eigenvalue weighted by Crippen LogP contribution is 2.21. The highest BCUT2D eigenvalue weighted by Gasteiger charge is 2.35. The van der Waals surface area contributed by atoms with Crippen molar-refractivity contribution in [1.29, 1.82) is 0 Å². The van der Waals surface area contributed by atoms with Crippen LogP contribution in [0.5, 0.6) is 0 Å². The Morgan fingerprint density at radius 2 is 1.86 bits per heavy atom. The number of nitrogens with zero attached hydrogens (tertiary/aromatic N) is 4. The maximum absolute atomic E-state index is 13.4. The molecule has 3 rings (SSSR count). The van der Waals surface area contributed by atoms with Crippen LogP contribution in [0.15, 0.2) is 36.4 Å². The minimum atomic E-state index is -3.08. The van der Waals surface area contributed by atoms with Crippen LogP contribution in [0.4, 0.5) is 0 Å². The van der Waals surface area contributed by atoms with Gasteiger partial charge in [-0.3, -0.25) is 4.79 Å². The molecule has 2 aromatic rings. The molecule has 0 N–H and O–H groups in total. The molecule has 1 amide bonds. The number of aromatic nitrogens is 2. The molecule has 2 heterocycles. The summed E-state index contributed by atoms with van der Waals surface area (Å²) in [5.74, 6) is -0.0171. The van der Waals surface area contributed by atoms with Crippen molar-refractivity contribution in [2.24, 2.45) is 0 Å². The second-order valence-corrected chi connectivity index (χ2v) is 9.73. The molecule has 7 nitrogen and oxygen atoms in total. The van der Waals surface area contributed by atoms with Gasteiger partial charge < -0.3 is 9.80 Å². The number of likely N-dealkylation sites (N-methyl/N-ethyl adjacent to an activating group) is 1. The van der Waals surface area contributed by atoms with E-state index < -0.39 is 9.84 Å². The number of aryl methyl sites for hydroxylation is 1. The third-order valence-corrected chi connectivity index (χ3v) is 7.32. The molecule has 1 aliphatic rings. The van der Waals surface area contributed by atoms with Crippen LogP contribution in [0.3, 0.4) is 0 Å². The van der Waals surface area contributed by atoms with Gasteiger partial charge in [0.05, 0.1) is 17.2 Å². The fourth-order valence-electron chi connectivity index (χ4n) is 3.82. The Labute approximate surface area is 173 Å². The van der Waals surface area contributed by atoms with Gasteiger partial charge in [0.1, 0.15) is 0 Å². The lowest BCUT2D eigenvalue weighted by atomic mass is 10.2. The average molecular weight is 419 g/mol. The first-order valence-corrected chi connectivity index (χ1v) is 12.0. The van der Waals surface area contributed by atoms with Crippen molar-refractivity contribution in [3.63, 3.8) is 0 Å². The van der Waals surface area contributed by atoms with E-state index in [0.717, 1.165) is 24.5 Å². The number of benzene rings is 1. The molecule has 1 saturated heterocycles. The van der Waals surface area contributed by atoms with Crippen LogP contribution >= 0.6 is 0 Å². The van der Waals surface area contributed by atoms with Crippen LogP contribution in [0.25, 0.3) is 5.69 Å². The van der Waals surface area contributed by atoms with Crippen molar-refractivity contribution in [3.05, 3.63) is 47.8 Å². The summed E-state index contributed by atoms with van der Waals surface area (Å²) in [5, 5.41) is 4.54. The van der Waals surface area contributed by atoms with E-state index in [1.165, 1.54) is 0 Å². The van der Waals surface area contributed by atoms with E-state index in [1.54, 1.807) is 15.6 Å². The molecule has 8 heteroatoms. The van der Waals surface area contributed by atoms with Crippen molar-refractivity contribution in [2.45, 2.75) is 33.2 Å². The molecular weight excluding hydrogens is 388 g/mol. The predicted octanol–water partition coefficient (Wildman–Crippen LogP) is 2.15. The number of rotatable bonds is 8. The SMILES string of the molecule is CCN(CC)CCN(C(=O)c1cc(C)n(-c2ccccc2)n1)C1CCS(=O)(=O)C1. The first-order valence-electron chi connectivity index (χ1n) is 10.2. The third kappa shape index (κ3) is 5.05. The van der Waals surface area contributed by atoms with Gasteiger partial charge in [0.15, 0.2) is 15.5 Å². The molecule has 0 bridgehead atoms. The standard InChI is InChI=1S/C21H30N4O3S/c1-4-23(5-2)12-13-24(19-11-14-29(27,28)16-19)21(26)20-15-17(3)25(22-20)18-9-7-6-8-10-18/h6-10,15,19H,4-5,11-14,16H2,1-3H3. The normalized spacial score (nSPS) is 18.3. The quantitative estimate of drug-likeness (QED) is 0.657. The number of carbonyl (C=O) groups is 1. The van der Waals surface area contributed by atoms with E-state index in [1.807, 2.05) is 37.3 Å². The van der Waals surface area contributed by atoms with Gasteiger partial charge in [-0.2, -0.15) is 5.10 Å². The number of sulfone groups is 1. The van der Waals surface area contributed by atoms with E-state index in [4.69, 9.17) is 0 Å². The van der Waals surface area contributed by atoms with Crippen molar-refractivity contribution in [2.75, 3.05) is 37.7 Å². The molecule has 1 aromatic heterocycles. The fraction of sp³-hybridized carbons (Fsp3) is 0.524. The summed E-state index contributed by atoms with van der Waals surface area (Å²) in [6.45, 7) is 9.08. The third-order valence-electron chi connectivity index (χ3n) is 5.57. The molecular formula is C21H30N4O3S. The number of carbonyl (C=O) groups excluding carboxylic acids is 1. The van der Waals surface area contributed by atoms with E-state index in [9.17, 15) is 13.2 Å². The molecule has 29 heavy (non-hydrogen) atoms. The zero-order chi connectivity index (χ0) is 21.0. The monoisotopic (exact) mass is 418 g/mol. The van der Waals surface area contributed by atoms with Crippen LogP contribution in [0, 0.1) is 6.92 Å². The Morgan fingerprint density at radius 1 is 1.17 bits per heavy atom. The lowest BCUT2D eigenvalue weighted by molar-refractivity contribution is 0.0668. The highest BCUT2D eigenvalue weighted by atomic mass is 32.2. The van der Waals surface area contributed by atoms with Gasteiger partial charge in [-0.1, -0.05) is 32.0 Å². The van der Waals surface area contributed by atoms with Crippen LogP contribution in [-0.4, -0.2) is 77.6 Å². The number of hydrogen-bond donors (Lipinski definition) is 0. The van der Waals surface area contributed by atoms with E-state index in [0.29, 0.717) is 25.2 Å². The van der Waals surface area contributed by atoms with Crippen molar-refractivity contribution in [3.8, 4) is 5.69 Å². The average Bonchev–Trinajstić information content (AvgIpc) is 3.27. The van der Waals surface area contributed by atoms with Gasteiger partial charge in [-0.25, -0.2) is 13.1 Å². The van der Waals surface area contributed by atoms with Gasteiger partial charge >= 0.3 is 0 Å². The Bertz CT molecular complexity index is 936. The molecule has 1 aromatic carbocycles. The van der Waals surface area contributed by atoms with Crippen LogP contribution in [0.1, 0.15) is 36.5 Å². The lowest BCUT2D eigenvalue weighted by Gasteiger charge is -2.30. The van der Waals surface area contributed by atoms with Gasteiger partial charge in [-0.05, 0) is 44.6 Å². The summed E-state index contributed by atoms with van der Waals surface area (Å²) in [7, 11) is -3.08. The molecule has 1 aliphatic heterocycles. The summed E-state index contributed by atoms with van der Waals surface area (Å²) in [5.41, 5.74) is 2.11. The van der Waals surface area contributed by atoms with Crippen molar-refractivity contribution in [1.82, 2.24) is 19.6 Å². The molecule has 158 valence electrons. The summed E-state index contributed by atoms with van der Waals surface area (Å²) in [6.07, 6.45) is 0.491. The maximum Gasteiger partial charge on any atom is 0.274 e. The first kappa shape index (κ1) is 21.5. The van der Waals surface area contributed by atoms with Gasteiger partial charge in [0.2, 0.25) is 0 Å². The molecule has 0 saturated carbocycles. The minimum Gasteiger partial charge on any atom is -0.332 e. The Hall–Kier alpha value is -2.19. The van der Waals surface area contributed by atoms with Crippen LogP contribution in [0.2, 0.25) is 0 Å². The summed E-state index contributed by atoms with van der Waals surface area (Å²) < 4.78 is 25.8. The second kappa shape index (κ2) is 9.09. The fourth-order valence-corrected chi connectivity index (χ4v) is 5.55. The smallest absolute Gasteiger partial charge is 0.274 e. The number of hydrogen-bond acceptors (Lipinski definition) is 5. The number of amides is 1. The molecule has 1 fully saturated rings. The minimum absolute atomic E-state index is 0.0371. The molecule has 1 atom stereocenters. The van der Waals surface area contributed by atoms with Crippen LogP contribution < -0.4 is 0 Å². The van der Waals surface area contributed by atoms with E-state index in [-0.39, 0.29) is 23.5 Å².